The van der Waals surface area contributed by atoms with Gasteiger partial charge in [-0.05, 0) is 6.07 Å². The number of hydrogen-bond donors (Lipinski definition) is 1. The van der Waals surface area contributed by atoms with E-state index in [2.05, 4.69) is 51.4 Å². The molecule has 0 unspecified atom stereocenters. The fourth-order valence-corrected chi connectivity index (χ4v) is 2.52. The van der Waals surface area contributed by atoms with Gasteiger partial charge in [0, 0.05) is 34.2 Å². The number of fused-ring (bicyclic) bond motifs is 3. The van der Waals surface area contributed by atoms with Crippen molar-refractivity contribution in [2.45, 2.75) is 0 Å². The molecule has 2 heterocycles. The molecule has 0 fully saturated rings. The Morgan fingerprint density at radius 2 is 1.74 bits per heavy atom. The highest BCUT2D eigenvalue weighted by atomic mass is 14.8. The normalized spacial score (nSPS) is 11.2. The minimum atomic E-state index is 0.889. The fourth-order valence-electron chi connectivity index (χ4n) is 2.52. The Balaban J connectivity index is 2.13. The first-order chi connectivity index (χ1) is 9.43. The third-order valence-corrected chi connectivity index (χ3v) is 3.38. The Morgan fingerprint density at radius 1 is 0.842 bits per heavy atom. The lowest BCUT2D eigenvalue weighted by molar-refractivity contribution is 1.21. The van der Waals surface area contributed by atoms with Crippen molar-refractivity contribution in [2.75, 3.05) is 0 Å². The van der Waals surface area contributed by atoms with Crippen molar-refractivity contribution in [2.24, 2.45) is 0 Å². The molecule has 90 valence electrons. The van der Waals surface area contributed by atoms with Crippen molar-refractivity contribution in [3.8, 4) is 11.3 Å². The maximum Gasteiger partial charge on any atom is 0.0906 e. The van der Waals surface area contributed by atoms with E-state index in [9.17, 15) is 0 Å². The maximum atomic E-state index is 4.39. The molecule has 4 rings (SSSR count). The van der Waals surface area contributed by atoms with Crippen LogP contribution in [0.5, 0.6) is 0 Å². The lowest BCUT2D eigenvalue weighted by atomic mass is 10.1. The van der Waals surface area contributed by atoms with E-state index in [0.717, 1.165) is 22.3 Å². The average molecular weight is 245 g/mol. The predicted octanol–water partition coefficient (Wildman–Crippen LogP) is 3.78. The Labute approximate surface area is 110 Å². The third kappa shape index (κ3) is 1.52. The average Bonchev–Trinajstić information content (AvgIpc) is 2.87. The number of nitrogens with zero attached hydrogens (tertiary/aromatic N) is 2. The van der Waals surface area contributed by atoms with Gasteiger partial charge in [0.1, 0.15) is 0 Å². The van der Waals surface area contributed by atoms with E-state index in [1.807, 2.05) is 6.07 Å². The van der Waals surface area contributed by atoms with Gasteiger partial charge in [-0.25, -0.2) is 0 Å². The van der Waals surface area contributed by atoms with Crippen LogP contribution in [-0.4, -0.2) is 15.0 Å². The standard InChI is InChI=1S/C16H11N3/c1-2-7-14-11(4-1)12-5-3-6-13(16(12)19-14)15-10-17-8-9-18-15/h1-10,19H. The molecule has 1 N–H and O–H groups in total. The lowest BCUT2D eigenvalue weighted by Crippen LogP contribution is -1.85. The molecule has 0 spiro atoms. The molecule has 0 saturated heterocycles. The van der Waals surface area contributed by atoms with Crippen molar-refractivity contribution in [1.29, 1.82) is 0 Å². The Kier molecular flexibility index (Phi) is 2.12. The van der Waals surface area contributed by atoms with Crippen molar-refractivity contribution in [3.63, 3.8) is 0 Å². The SMILES string of the molecule is c1ccc2c(c1)[nH]c1c(-c3cnccn3)cccc12. The highest BCUT2D eigenvalue weighted by Crippen LogP contribution is 2.31. The summed E-state index contributed by atoms with van der Waals surface area (Å²) < 4.78 is 0. The van der Waals surface area contributed by atoms with Crippen LogP contribution in [-0.2, 0) is 0 Å². The summed E-state index contributed by atoms with van der Waals surface area (Å²) in [5.41, 5.74) is 4.24. The van der Waals surface area contributed by atoms with Gasteiger partial charge in [-0.15, -0.1) is 0 Å². The number of benzene rings is 2. The molecule has 0 aliphatic carbocycles. The Bertz CT molecular complexity index is 863. The maximum absolute atomic E-state index is 4.39. The number of hydrogen-bond acceptors (Lipinski definition) is 2. The van der Waals surface area contributed by atoms with Gasteiger partial charge in [0.05, 0.1) is 17.4 Å². The molecule has 0 atom stereocenters. The highest BCUT2D eigenvalue weighted by molar-refractivity contribution is 6.11. The minimum absolute atomic E-state index is 0.889. The Morgan fingerprint density at radius 3 is 2.63 bits per heavy atom. The van der Waals surface area contributed by atoms with Crippen LogP contribution in [0, 0.1) is 0 Å². The van der Waals surface area contributed by atoms with Gasteiger partial charge in [0.15, 0.2) is 0 Å². The Hall–Kier alpha value is -2.68. The van der Waals surface area contributed by atoms with Gasteiger partial charge < -0.3 is 4.98 Å². The van der Waals surface area contributed by atoms with E-state index in [0.29, 0.717) is 0 Å². The number of para-hydroxylation sites is 2. The first kappa shape index (κ1) is 10.3. The van der Waals surface area contributed by atoms with Crippen LogP contribution in [0.25, 0.3) is 33.1 Å². The second kappa shape index (κ2) is 3.92. The van der Waals surface area contributed by atoms with Gasteiger partial charge in [0.2, 0.25) is 0 Å². The topological polar surface area (TPSA) is 41.6 Å². The number of H-pyrrole nitrogens is 1. The molecule has 0 amide bonds. The van der Waals surface area contributed by atoms with E-state index in [1.54, 1.807) is 18.6 Å². The molecule has 2 aromatic carbocycles. The van der Waals surface area contributed by atoms with Gasteiger partial charge in [0.25, 0.3) is 0 Å². The number of aromatic nitrogens is 3. The van der Waals surface area contributed by atoms with Crippen LogP contribution in [0.1, 0.15) is 0 Å². The van der Waals surface area contributed by atoms with Gasteiger partial charge in [-0.2, -0.15) is 0 Å². The summed E-state index contributed by atoms with van der Waals surface area (Å²) in [6.07, 6.45) is 5.20. The zero-order valence-electron chi connectivity index (χ0n) is 10.2. The van der Waals surface area contributed by atoms with Gasteiger partial charge in [-0.3, -0.25) is 9.97 Å². The number of aromatic amines is 1. The minimum Gasteiger partial charge on any atom is -0.354 e. The molecule has 0 radical (unpaired) electrons. The van der Waals surface area contributed by atoms with Crippen molar-refractivity contribution in [1.82, 2.24) is 15.0 Å². The molecule has 3 heteroatoms. The van der Waals surface area contributed by atoms with Crippen LogP contribution in [0.3, 0.4) is 0 Å². The summed E-state index contributed by atoms with van der Waals surface area (Å²) in [6, 6.07) is 14.6. The molecule has 0 aliphatic rings. The van der Waals surface area contributed by atoms with Crippen molar-refractivity contribution in [3.05, 3.63) is 61.1 Å². The van der Waals surface area contributed by atoms with Crippen molar-refractivity contribution >= 4 is 21.8 Å². The molecular weight excluding hydrogens is 234 g/mol. The largest absolute Gasteiger partial charge is 0.354 e. The van der Waals surface area contributed by atoms with Crippen LogP contribution in [0.15, 0.2) is 61.1 Å². The highest BCUT2D eigenvalue weighted by Gasteiger charge is 2.09. The van der Waals surface area contributed by atoms with Crippen LogP contribution in [0.2, 0.25) is 0 Å². The molecule has 0 aliphatic heterocycles. The molecule has 2 aromatic heterocycles. The predicted molar refractivity (Wildman–Crippen MR) is 76.8 cm³/mol. The smallest absolute Gasteiger partial charge is 0.0906 e. The lowest BCUT2D eigenvalue weighted by Gasteiger charge is -2.01. The van der Waals surface area contributed by atoms with E-state index in [1.165, 1.54) is 10.8 Å². The van der Waals surface area contributed by atoms with E-state index in [-0.39, 0.29) is 0 Å². The first-order valence-electron chi connectivity index (χ1n) is 6.19. The van der Waals surface area contributed by atoms with Gasteiger partial charge >= 0.3 is 0 Å². The zero-order chi connectivity index (χ0) is 12.7. The van der Waals surface area contributed by atoms with Gasteiger partial charge in [-0.1, -0.05) is 36.4 Å². The quantitative estimate of drug-likeness (QED) is 0.554. The molecule has 4 aromatic rings. The zero-order valence-corrected chi connectivity index (χ0v) is 10.2. The monoisotopic (exact) mass is 245 g/mol. The summed E-state index contributed by atoms with van der Waals surface area (Å²) in [5.74, 6) is 0. The van der Waals surface area contributed by atoms with E-state index < -0.39 is 0 Å². The third-order valence-electron chi connectivity index (χ3n) is 3.38. The number of rotatable bonds is 1. The number of nitrogens with one attached hydrogen (secondary N) is 1. The fraction of sp³-hybridized carbons (Fsp3) is 0. The second-order valence-corrected chi connectivity index (χ2v) is 4.49. The van der Waals surface area contributed by atoms with Crippen LogP contribution < -0.4 is 0 Å². The van der Waals surface area contributed by atoms with Crippen molar-refractivity contribution < 1.29 is 0 Å². The molecule has 0 saturated carbocycles. The molecule has 19 heavy (non-hydrogen) atoms. The first-order valence-corrected chi connectivity index (χ1v) is 6.19. The second-order valence-electron chi connectivity index (χ2n) is 4.49. The summed E-state index contributed by atoms with van der Waals surface area (Å²) in [4.78, 5) is 12.0. The van der Waals surface area contributed by atoms with Crippen LogP contribution in [0.4, 0.5) is 0 Å². The summed E-state index contributed by atoms with van der Waals surface area (Å²) >= 11 is 0. The summed E-state index contributed by atoms with van der Waals surface area (Å²) in [7, 11) is 0. The molecular formula is C16H11N3. The van der Waals surface area contributed by atoms with E-state index in [4.69, 9.17) is 0 Å². The van der Waals surface area contributed by atoms with Crippen LogP contribution >= 0.6 is 0 Å². The summed E-state index contributed by atoms with van der Waals surface area (Å²) in [5, 5.41) is 2.46. The molecule has 0 bridgehead atoms. The molecule has 3 nitrogen and oxygen atoms in total. The summed E-state index contributed by atoms with van der Waals surface area (Å²) in [6.45, 7) is 0. The van der Waals surface area contributed by atoms with E-state index >= 15 is 0 Å².